The lowest BCUT2D eigenvalue weighted by atomic mass is 10.2. The topological polar surface area (TPSA) is 98.5 Å². The van der Waals surface area contributed by atoms with Crippen LogP contribution in [-0.2, 0) is 21.4 Å². The van der Waals surface area contributed by atoms with Crippen molar-refractivity contribution in [2.24, 2.45) is 5.14 Å². The molecule has 1 amide bonds. The molecule has 0 aliphatic rings. The van der Waals surface area contributed by atoms with Crippen molar-refractivity contribution in [2.75, 3.05) is 6.61 Å². The van der Waals surface area contributed by atoms with Gasteiger partial charge in [-0.1, -0.05) is 39.7 Å². The molecule has 6 nitrogen and oxygen atoms in total. The molecular formula is C15H14BrClN2O4S. The molecule has 0 aliphatic carbocycles. The molecule has 3 N–H and O–H groups in total. The average molecular weight is 434 g/mol. The average Bonchev–Trinajstić information content (AvgIpc) is 2.51. The molecule has 0 spiro atoms. The number of sulfonamides is 1. The van der Waals surface area contributed by atoms with Gasteiger partial charge in [-0.15, -0.1) is 0 Å². The third-order valence-electron chi connectivity index (χ3n) is 2.99. The molecule has 128 valence electrons. The van der Waals surface area contributed by atoms with Gasteiger partial charge in [-0.05, 0) is 35.9 Å². The van der Waals surface area contributed by atoms with Gasteiger partial charge in [-0.3, -0.25) is 4.79 Å². The Morgan fingerprint density at radius 2 is 1.88 bits per heavy atom. The molecule has 2 rings (SSSR count). The molecule has 24 heavy (non-hydrogen) atoms. The van der Waals surface area contributed by atoms with E-state index in [1.807, 2.05) is 0 Å². The number of hydrogen-bond acceptors (Lipinski definition) is 4. The zero-order chi connectivity index (χ0) is 17.7. The molecule has 2 aromatic carbocycles. The number of amides is 1. The van der Waals surface area contributed by atoms with Gasteiger partial charge in [0, 0.05) is 11.0 Å². The first-order valence-electron chi connectivity index (χ1n) is 6.72. The number of nitrogens with one attached hydrogen (secondary N) is 1. The minimum Gasteiger partial charge on any atom is -0.482 e. The second kappa shape index (κ2) is 7.98. The fourth-order valence-corrected chi connectivity index (χ4v) is 3.03. The van der Waals surface area contributed by atoms with Gasteiger partial charge in [0.2, 0.25) is 10.0 Å². The number of primary sulfonamides is 1. The van der Waals surface area contributed by atoms with E-state index in [1.54, 1.807) is 30.3 Å². The predicted molar refractivity (Wildman–Crippen MR) is 94.3 cm³/mol. The summed E-state index contributed by atoms with van der Waals surface area (Å²) in [5, 5.41) is 8.08. The number of halogens is 2. The second-order valence-electron chi connectivity index (χ2n) is 4.83. The van der Waals surface area contributed by atoms with E-state index in [0.717, 1.165) is 10.0 Å². The minimum absolute atomic E-state index is 0.0193. The highest BCUT2D eigenvalue weighted by Crippen LogP contribution is 2.27. The number of carbonyl (C=O) groups excluding carboxylic acids is 1. The maximum Gasteiger partial charge on any atom is 0.258 e. The molecule has 0 saturated carbocycles. The number of benzene rings is 2. The Balaban J connectivity index is 1.85. The van der Waals surface area contributed by atoms with Crippen LogP contribution >= 0.6 is 27.5 Å². The lowest BCUT2D eigenvalue weighted by molar-refractivity contribution is -0.123. The van der Waals surface area contributed by atoms with Crippen molar-refractivity contribution >= 4 is 43.5 Å². The Kier molecular flexibility index (Phi) is 6.22. The fraction of sp³-hybridized carbons (Fsp3) is 0.133. The predicted octanol–water partition coefficient (Wildman–Crippen LogP) is 2.45. The summed E-state index contributed by atoms with van der Waals surface area (Å²) < 4.78 is 28.5. The summed E-state index contributed by atoms with van der Waals surface area (Å²) in [6, 6.07) is 11.0. The normalized spacial score (nSPS) is 11.1. The van der Waals surface area contributed by atoms with Gasteiger partial charge in [-0.25, -0.2) is 13.6 Å². The standard InChI is InChI=1S/C15H14BrClN2O4S/c16-11-3-6-14(13(17)7-11)23-9-15(20)19-8-10-1-4-12(5-2-10)24(18,21)22/h1-7H,8-9H2,(H,19,20)(H2,18,21,22). The van der Waals surface area contributed by atoms with Crippen LogP contribution in [0.25, 0.3) is 0 Å². The first-order chi connectivity index (χ1) is 11.3. The molecule has 0 saturated heterocycles. The lowest BCUT2D eigenvalue weighted by Crippen LogP contribution is -2.28. The van der Waals surface area contributed by atoms with E-state index in [4.69, 9.17) is 21.5 Å². The first kappa shape index (κ1) is 18.7. The first-order valence-corrected chi connectivity index (χ1v) is 9.44. The molecule has 0 heterocycles. The van der Waals surface area contributed by atoms with Crippen LogP contribution in [0.15, 0.2) is 51.8 Å². The van der Waals surface area contributed by atoms with Crippen molar-refractivity contribution in [3.8, 4) is 5.75 Å². The molecular weight excluding hydrogens is 420 g/mol. The number of nitrogens with two attached hydrogens (primary N) is 1. The summed E-state index contributed by atoms with van der Waals surface area (Å²) in [6.45, 7) is 0.0534. The van der Waals surface area contributed by atoms with Crippen molar-refractivity contribution in [3.05, 3.63) is 57.5 Å². The molecule has 0 radical (unpaired) electrons. The number of rotatable bonds is 6. The lowest BCUT2D eigenvalue weighted by Gasteiger charge is -2.09. The van der Waals surface area contributed by atoms with Crippen LogP contribution in [0.4, 0.5) is 0 Å². The smallest absolute Gasteiger partial charge is 0.258 e. The molecule has 0 fully saturated rings. The molecule has 0 aliphatic heterocycles. The Morgan fingerprint density at radius 3 is 2.46 bits per heavy atom. The van der Waals surface area contributed by atoms with Crippen molar-refractivity contribution in [3.63, 3.8) is 0 Å². The maximum atomic E-state index is 11.8. The summed E-state index contributed by atoms with van der Waals surface area (Å²) in [7, 11) is -3.72. The van der Waals surface area contributed by atoms with Crippen LogP contribution in [0, 0.1) is 0 Å². The van der Waals surface area contributed by atoms with Crippen molar-refractivity contribution in [1.82, 2.24) is 5.32 Å². The third-order valence-corrected chi connectivity index (χ3v) is 4.71. The van der Waals surface area contributed by atoms with E-state index in [9.17, 15) is 13.2 Å². The van der Waals surface area contributed by atoms with E-state index < -0.39 is 10.0 Å². The van der Waals surface area contributed by atoms with Gasteiger partial charge in [0.15, 0.2) is 6.61 Å². The highest BCUT2D eigenvalue weighted by molar-refractivity contribution is 9.10. The van der Waals surface area contributed by atoms with Crippen LogP contribution in [0.2, 0.25) is 5.02 Å². The van der Waals surface area contributed by atoms with Gasteiger partial charge in [-0.2, -0.15) is 0 Å². The number of carbonyl (C=O) groups is 1. The van der Waals surface area contributed by atoms with Crippen LogP contribution in [0.5, 0.6) is 5.75 Å². The molecule has 0 aromatic heterocycles. The number of ether oxygens (including phenoxy) is 1. The van der Waals surface area contributed by atoms with Gasteiger partial charge in [0.25, 0.3) is 5.91 Å². The minimum atomic E-state index is -3.72. The SMILES string of the molecule is NS(=O)(=O)c1ccc(CNC(=O)COc2ccc(Br)cc2Cl)cc1. The van der Waals surface area contributed by atoms with E-state index in [2.05, 4.69) is 21.2 Å². The molecule has 2 aromatic rings. The summed E-state index contributed by atoms with van der Waals surface area (Å²) in [4.78, 5) is 11.8. The summed E-state index contributed by atoms with van der Waals surface area (Å²) in [6.07, 6.45) is 0. The Hall–Kier alpha value is -1.61. The quantitative estimate of drug-likeness (QED) is 0.731. The second-order valence-corrected chi connectivity index (χ2v) is 7.71. The van der Waals surface area contributed by atoms with Crippen LogP contribution < -0.4 is 15.2 Å². The Labute approximate surface area is 153 Å². The number of hydrogen-bond donors (Lipinski definition) is 2. The van der Waals surface area contributed by atoms with Crippen molar-refractivity contribution in [2.45, 2.75) is 11.4 Å². The van der Waals surface area contributed by atoms with E-state index in [-0.39, 0.29) is 24.0 Å². The van der Waals surface area contributed by atoms with Crippen molar-refractivity contribution < 1.29 is 17.9 Å². The van der Waals surface area contributed by atoms with E-state index >= 15 is 0 Å². The molecule has 9 heteroatoms. The largest absolute Gasteiger partial charge is 0.482 e. The van der Waals surface area contributed by atoms with Gasteiger partial charge in [0.05, 0.1) is 9.92 Å². The van der Waals surface area contributed by atoms with Gasteiger partial charge in [0.1, 0.15) is 5.75 Å². The summed E-state index contributed by atoms with van der Waals surface area (Å²) >= 11 is 9.27. The Morgan fingerprint density at radius 1 is 1.21 bits per heavy atom. The summed E-state index contributed by atoms with van der Waals surface area (Å²) in [5.41, 5.74) is 0.734. The zero-order valence-corrected chi connectivity index (χ0v) is 15.5. The van der Waals surface area contributed by atoms with Crippen LogP contribution in [-0.4, -0.2) is 20.9 Å². The van der Waals surface area contributed by atoms with Gasteiger partial charge >= 0.3 is 0 Å². The van der Waals surface area contributed by atoms with Crippen LogP contribution in [0.3, 0.4) is 0 Å². The highest BCUT2D eigenvalue weighted by Gasteiger charge is 2.08. The fourth-order valence-electron chi connectivity index (χ4n) is 1.78. The van der Waals surface area contributed by atoms with E-state index in [1.165, 1.54) is 12.1 Å². The monoisotopic (exact) mass is 432 g/mol. The Bertz CT molecular complexity index is 841. The maximum absolute atomic E-state index is 11.8. The van der Waals surface area contributed by atoms with E-state index in [0.29, 0.717) is 10.8 Å². The molecule has 0 atom stereocenters. The van der Waals surface area contributed by atoms with Crippen LogP contribution in [0.1, 0.15) is 5.56 Å². The highest BCUT2D eigenvalue weighted by atomic mass is 79.9. The third kappa shape index (κ3) is 5.48. The summed E-state index contributed by atoms with van der Waals surface area (Å²) in [5.74, 6) is 0.0806. The molecule has 0 bridgehead atoms. The van der Waals surface area contributed by atoms with Gasteiger partial charge < -0.3 is 10.1 Å². The van der Waals surface area contributed by atoms with Crippen molar-refractivity contribution in [1.29, 1.82) is 0 Å². The molecule has 0 unspecified atom stereocenters. The zero-order valence-electron chi connectivity index (χ0n) is 12.3.